The first-order chi connectivity index (χ1) is 11.6. The highest BCUT2D eigenvalue weighted by Crippen LogP contribution is 2.19. The van der Waals surface area contributed by atoms with Gasteiger partial charge in [0.2, 0.25) is 11.8 Å². The zero-order valence-electron chi connectivity index (χ0n) is 14.0. The Kier molecular flexibility index (Phi) is 6.56. The fourth-order valence-electron chi connectivity index (χ4n) is 2.79. The van der Waals surface area contributed by atoms with Crippen molar-refractivity contribution < 1.29 is 9.59 Å². The Morgan fingerprint density at radius 2 is 2.00 bits per heavy atom. The minimum atomic E-state index is -0.204. The maximum absolute atomic E-state index is 12.1. The standard InChI is InChI=1S/C19H23N3O2/c1-15(23)22(18-9-7-17(13-20)8-10-18)14-19(24)21-12-11-16-5-3-2-4-6-16/h5,7-10H,2-4,6,11-12,14H2,1H3,(H,21,24). The van der Waals surface area contributed by atoms with Gasteiger partial charge < -0.3 is 10.2 Å². The number of hydrogen-bond acceptors (Lipinski definition) is 3. The predicted octanol–water partition coefficient (Wildman–Crippen LogP) is 2.92. The van der Waals surface area contributed by atoms with E-state index in [0.29, 0.717) is 17.8 Å². The van der Waals surface area contributed by atoms with E-state index in [9.17, 15) is 9.59 Å². The summed E-state index contributed by atoms with van der Waals surface area (Å²) in [4.78, 5) is 25.4. The summed E-state index contributed by atoms with van der Waals surface area (Å²) >= 11 is 0. The zero-order valence-corrected chi connectivity index (χ0v) is 14.0. The molecular weight excluding hydrogens is 302 g/mol. The van der Waals surface area contributed by atoms with Crippen molar-refractivity contribution in [2.24, 2.45) is 0 Å². The molecule has 0 atom stereocenters. The molecule has 1 aliphatic rings. The molecule has 0 bridgehead atoms. The van der Waals surface area contributed by atoms with Crippen molar-refractivity contribution in [3.63, 3.8) is 0 Å². The van der Waals surface area contributed by atoms with Crippen LogP contribution >= 0.6 is 0 Å². The van der Waals surface area contributed by atoms with E-state index in [-0.39, 0.29) is 18.4 Å². The average Bonchev–Trinajstić information content (AvgIpc) is 2.60. The minimum absolute atomic E-state index is 0.0136. The molecule has 2 rings (SSSR count). The number of allylic oxidation sites excluding steroid dienone is 1. The van der Waals surface area contributed by atoms with Crippen LogP contribution in [0.2, 0.25) is 0 Å². The van der Waals surface area contributed by atoms with Crippen LogP contribution in [-0.4, -0.2) is 24.9 Å². The molecule has 2 amide bonds. The van der Waals surface area contributed by atoms with Gasteiger partial charge in [-0.05, 0) is 56.4 Å². The van der Waals surface area contributed by atoms with Gasteiger partial charge in [0.05, 0.1) is 11.6 Å². The summed E-state index contributed by atoms with van der Waals surface area (Å²) in [5.74, 6) is -0.379. The number of benzene rings is 1. The second-order valence-corrected chi connectivity index (χ2v) is 5.97. The average molecular weight is 325 g/mol. The second-order valence-electron chi connectivity index (χ2n) is 5.97. The molecule has 5 nitrogen and oxygen atoms in total. The van der Waals surface area contributed by atoms with Gasteiger partial charge in [-0.15, -0.1) is 0 Å². The smallest absolute Gasteiger partial charge is 0.240 e. The Balaban J connectivity index is 1.87. The highest BCUT2D eigenvalue weighted by molar-refractivity contribution is 5.97. The lowest BCUT2D eigenvalue weighted by atomic mass is 9.97. The number of nitrogens with one attached hydrogen (secondary N) is 1. The van der Waals surface area contributed by atoms with Gasteiger partial charge in [0.15, 0.2) is 0 Å². The SMILES string of the molecule is CC(=O)N(CC(=O)NCCC1=CCCCC1)c1ccc(C#N)cc1. The number of carbonyl (C=O) groups excluding carboxylic acids is 2. The van der Waals surface area contributed by atoms with Crippen LogP contribution in [0.1, 0.15) is 44.6 Å². The summed E-state index contributed by atoms with van der Waals surface area (Å²) in [6, 6.07) is 8.67. The first-order valence-corrected chi connectivity index (χ1v) is 8.33. The van der Waals surface area contributed by atoms with Crippen molar-refractivity contribution in [1.82, 2.24) is 5.32 Å². The van der Waals surface area contributed by atoms with Crippen LogP contribution in [0.3, 0.4) is 0 Å². The summed E-state index contributed by atoms with van der Waals surface area (Å²) < 4.78 is 0. The molecular formula is C19H23N3O2. The third-order valence-electron chi connectivity index (χ3n) is 4.14. The molecule has 0 aliphatic heterocycles. The Bertz CT molecular complexity index is 656. The summed E-state index contributed by atoms with van der Waals surface area (Å²) in [7, 11) is 0. The third kappa shape index (κ3) is 5.24. The minimum Gasteiger partial charge on any atom is -0.354 e. The predicted molar refractivity (Wildman–Crippen MR) is 93.4 cm³/mol. The lowest BCUT2D eigenvalue weighted by Crippen LogP contribution is -2.40. The summed E-state index contributed by atoms with van der Waals surface area (Å²) in [6.45, 7) is 2.02. The molecule has 0 fully saturated rings. The molecule has 0 saturated carbocycles. The fourth-order valence-corrected chi connectivity index (χ4v) is 2.79. The van der Waals surface area contributed by atoms with E-state index in [1.54, 1.807) is 24.3 Å². The normalized spacial score (nSPS) is 13.6. The topological polar surface area (TPSA) is 73.2 Å². The van der Waals surface area contributed by atoms with Gasteiger partial charge in [-0.2, -0.15) is 5.26 Å². The number of anilines is 1. The third-order valence-corrected chi connectivity index (χ3v) is 4.14. The van der Waals surface area contributed by atoms with E-state index in [4.69, 9.17) is 5.26 Å². The Morgan fingerprint density at radius 3 is 2.58 bits per heavy atom. The molecule has 0 spiro atoms. The first kappa shape index (κ1) is 17.7. The molecule has 0 unspecified atom stereocenters. The van der Waals surface area contributed by atoms with E-state index >= 15 is 0 Å². The monoisotopic (exact) mass is 325 g/mol. The maximum atomic E-state index is 12.1. The molecule has 5 heteroatoms. The first-order valence-electron chi connectivity index (χ1n) is 8.33. The lowest BCUT2D eigenvalue weighted by Gasteiger charge is -2.21. The Hall–Kier alpha value is -2.61. The summed E-state index contributed by atoms with van der Waals surface area (Å²) in [6.07, 6.45) is 7.91. The fraction of sp³-hybridized carbons (Fsp3) is 0.421. The molecule has 0 heterocycles. The van der Waals surface area contributed by atoms with E-state index in [1.165, 1.54) is 30.2 Å². The van der Waals surface area contributed by atoms with E-state index < -0.39 is 0 Å². The molecule has 1 aliphatic carbocycles. The molecule has 1 N–H and O–H groups in total. The van der Waals surface area contributed by atoms with Gasteiger partial charge >= 0.3 is 0 Å². The quantitative estimate of drug-likeness (QED) is 0.817. The van der Waals surface area contributed by atoms with Crippen LogP contribution < -0.4 is 10.2 Å². The van der Waals surface area contributed by atoms with Crippen LogP contribution in [0.25, 0.3) is 0 Å². The molecule has 0 aromatic heterocycles. The molecule has 1 aromatic rings. The second kappa shape index (κ2) is 8.88. The van der Waals surface area contributed by atoms with Gasteiger partial charge in [0.1, 0.15) is 6.54 Å². The van der Waals surface area contributed by atoms with Crippen LogP contribution in [0.5, 0.6) is 0 Å². The van der Waals surface area contributed by atoms with Gasteiger partial charge in [0.25, 0.3) is 0 Å². The van der Waals surface area contributed by atoms with Crippen LogP contribution in [0, 0.1) is 11.3 Å². The summed E-state index contributed by atoms with van der Waals surface area (Å²) in [5.41, 5.74) is 2.55. The summed E-state index contributed by atoms with van der Waals surface area (Å²) in [5, 5.41) is 11.7. The van der Waals surface area contributed by atoms with E-state index in [0.717, 1.165) is 19.3 Å². The van der Waals surface area contributed by atoms with Crippen molar-refractivity contribution >= 4 is 17.5 Å². The van der Waals surface area contributed by atoms with Crippen molar-refractivity contribution in [3.05, 3.63) is 41.5 Å². The number of nitrogens with zero attached hydrogens (tertiary/aromatic N) is 2. The number of rotatable bonds is 6. The van der Waals surface area contributed by atoms with Gasteiger partial charge in [-0.3, -0.25) is 9.59 Å². The maximum Gasteiger partial charge on any atom is 0.240 e. The zero-order chi connectivity index (χ0) is 17.4. The van der Waals surface area contributed by atoms with Crippen LogP contribution in [-0.2, 0) is 9.59 Å². The van der Waals surface area contributed by atoms with Crippen LogP contribution in [0.4, 0.5) is 5.69 Å². The lowest BCUT2D eigenvalue weighted by molar-refractivity contribution is -0.123. The highest BCUT2D eigenvalue weighted by atomic mass is 16.2. The van der Waals surface area contributed by atoms with Gasteiger partial charge in [-0.25, -0.2) is 0 Å². The van der Waals surface area contributed by atoms with Crippen molar-refractivity contribution in [3.8, 4) is 6.07 Å². The Morgan fingerprint density at radius 1 is 1.25 bits per heavy atom. The number of amides is 2. The highest BCUT2D eigenvalue weighted by Gasteiger charge is 2.15. The van der Waals surface area contributed by atoms with Crippen LogP contribution in [0.15, 0.2) is 35.9 Å². The number of nitriles is 1. The Labute approximate surface area is 143 Å². The van der Waals surface area contributed by atoms with Gasteiger partial charge in [-0.1, -0.05) is 11.6 Å². The molecule has 0 saturated heterocycles. The van der Waals surface area contributed by atoms with E-state index in [1.807, 2.05) is 6.07 Å². The van der Waals surface area contributed by atoms with Gasteiger partial charge in [0, 0.05) is 19.2 Å². The van der Waals surface area contributed by atoms with Crippen molar-refractivity contribution in [1.29, 1.82) is 5.26 Å². The molecule has 126 valence electrons. The number of hydrogen-bond donors (Lipinski definition) is 1. The number of carbonyl (C=O) groups is 2. The van der Waals surface area contributed by atoms with Crippen molar-refractivity contribution in [2.75, 3.05) is 18.0 Å². The van der Waals surface area contributed by atoms with Crippen molar-refractivity contribution in [2.45, 2.75) is 39.0 Å². The largest absolute Gasteiger partial charge is 0.354 e. The molecule has 1 aromatic carbocycles. The van der Waals surface area contributed by atoms with E-state index in [2.05, 4.69) is 11.4 Å². The molecule has 0 radical (unpaired) electrons. The molecule has 24 heavy (non-hydrogen) atoms.